The molecule has 3 aromatic rings. The molecule has 0 unspecified atom stereocenters. The van der Waals surface area contributed by atoms with E-state index < -0.39 is 29.1 Å². The maximum atomic E-state index is 13.7. The first-order chi connectivity index (χ1) is 14.8. The zero-order valence-corrected chi connectivity index (χ0v) is 18.4. The van der Waals surface area contributed by atoms with Crippen molar-refractivity contribution in [3.05, 3.63) is 80.4 Å². The molecule has 1 heterocycles. The first kappa shape index (κ1) is 22.3. The Bertz CT molecular complexity index is 1190. The Hall–Kier alpha value is -3.36. The molecule has 0 aliphatic rings. The molecule has 3 rings (SSSR count). The molecule has 0 saturated heterocycles. The largest absolute Gasteiger partial charge is 0.435 e. The molecular weight excluding hydrogens is 542 g/mol. The van der Waals surface area contributed by atoms with Crippen molar-refractivity contribution in [2.45, 2.75) is 0 Å². The van der Waals surface area contributed by atoms with E-state index in [1.165, 1.54) is 18.3 Å². The zero-order chi connectivity index (χ0) is 22.5. The fraction of sp³-hybridized carbons (Fsp3) is 0. The van der Waals surface area contributed by atoms with Gasteiger partial charge in [0.05, 0.1) is 8.95 Å². The number of benzene rings is 2. The molecule has 0 atom stereocenters. The smallest absolute Gasteiger partial charge is 0.326 e. The topological polar surface area (TPSA) is 104 Å². The minimum atomic E-state index is -1.23. The molecule has 0 fully saturated rings. The second-order valence-corrected chi connectivity index (χ2v) is 7.55. The van der Waals surface area contributed by atoms with Gasteiger partial charge in [-0.05, 0) is 68.3 Å². The van der Waals surface area contributed by atoms with Crippen LogP contribution in [-0.2, 0) is 0 Å². The average molecular weight is 552 g/mol. The van der Waals surface area contributed by atoms with Crippen molar-refractivity contribution in [2.24, 2.45) is 0 Å². The van der Waals surface area contributed by atoms with Crippen LogP contribution in [-0.4, -0.2) is 16.9 Å². The highest BCUT2D eigenvalue weighted by Gasteiger charge is 2.20. The summed E-state index contributed by atoms with van der Waals surface area (Å²) in [6.07, 6.45) is 1.47. The summed E-state index contributed by atoms with van der Waals surface area (Å²) < 4.78 is 33.8. The average Bonchev–Trinajstić information content (AvgIpc) is 2.70. The molecule has 2 aromatic carbocycles. The molecule has 0 aliphatic heterocycles. The minimum Gasteiger partial charge on any atom is -0.435 e. The van der Waals surface area contributed by atoms with Gasteiger partial charge in [0.1, 0.15) is 28.8 Å². The van der Waals surface area contributed by atoms with E-state index in [1.54, 1.807) is 12.1 Å². The molecule has 0 saturated carbocycles. The maximum Gasteiger partial charge on any atom is 0.326 e. The second kappa shape index (κ2) is 9.63. The van der Waals surface area contributed by atoms with Crippen molar-refractivity contribution in [1.82, 2.24) is 10.3 Å². The number of hydrogen-bond donors (Lipinski definition) is 2. The fourth-order valence-corrected chi connectivity index (χ4v) is 3.77. The lowest BCUT2D eigenvalue weighted by Gasteiger charge is -2.13. The van der Waals surface area contributed by atoms with Crippen LogP contribution in [0.3, 0.4) is 0 Å². The third-order valence-corrected chi connectivity index (χ3v) is 4.94. The van der Waals surface area contributed by atoms with Gasteiger partial charge in [0.15, 0.2) is 5.75 Å². The van der Waals surface area contributed by atoms with E-state index in [9.17, 15) is 18.4 Å². The Morgan fingerprint density at radius 3 is 2.32 bits per heavy atom. The number of nitrogens with zero attached hydrogens (tertiary/aromatic N) is 2. The maximum absolute atomic E-state index is 13.7. The number of aromatic nitrogens is 1. The molecule has 2 N–H and O–H groups in total. The lowest BCUT2D eigenvalue weighted by molar-refractivity contribution is 0.0959. The van der Waals surface area contributed by atoms with Gasteiger partial charge < -0.3 is 10.1 Å². The van der Waals surface area contributed by atoms with Crippen LogP contribution in [0.4, 0.5) is 19.3 Å². The number of hydrogen-bond acceptors (Lipinski definition) is 5. The normalized spacial score (nSPS) is 10.2. The summed E-state index contributed by atoms with van der Waals surface area (Å²) in [7, 11) is 0. The number of amides is 3. The van der Waals surface area contributed by atoms with Crippen LogP contribution in [0.25, 0.3) is 0 Å². The van der Waals surface area contributed by atoms with Crippen molar-refractivity contribution in [1.29, 1.82) is 5.26 Å². The van der Waals surface area contributed by atoms with Gasteiger partial charge in [0.2, 0.25) is 5.88 Å². The molecule has 156 valence electrons. The predicted molar refractivity (Wildman–Crippen MR) is 114 cm³/mol. The lowest BCUT2D eigenvalue weighted by Crippen LogP contribution is -2.35. The van der Waals surface area contributed by atoms with Gasteiger partial charge in [-0.2, -0.15) is 5.26 Å². The number of halogens is 4. The number of nitriles is 1. The van der Waals surface area contributed by atoms with E-state index in [0.29, 0.717) is 8.95 Å². The van der Waals surface area contributed by atoms with Crippen molar-refractivity contribution in [3.63, 3.8) is 0 Å². The number of carbonyl (C=O) groups excluding carboxylic acids is 2. The van der Waals surface area contributed by atoms with E-state index in [2.05, 4.69) is 42.2 Å². The van der Waals surface area contributed by atoms with Crippen molar-refractivity contribution < 1.29 is 23.1 Å². The van der Waals surface area contributed by atoms with Gasteiger partial charge >= 0.3 is 6.03 Å². The number of anilines is 1. The lowest BCUT2D eigenvalue weighted by atomic mass is 10.2. The Morgan fingerprint density at radius 1 is 1.06 bits per heavy atom. The highest BCUT2D eigenvalue weighted by atomic mass is 79.9. The third-order valence-electron chi connectivity index (χ3n) is 3.76. The molecular formula is C20H10Br2F2N4O3. The first-order valence-corrected chi connectivity index (χ1v) is 9.97. The van der Waals surface area contributed by atoms with Gasteiger partial charge in [-0.15, -0.1) is 0 Å². The second-order valence-electron chi connectivity index (χ2n) is 5.84. The third kappa shape index (κ3) is 5.22. The Morgan fingerprint density at radius 2 is 1.71 bits per heavy atom. The van der Waals surface area contributed by atoms with Crippen molar-refractivity contribution >= 4 is 49.5 Å². The summed E-state index contributed by atoms with van der Waals surface area (Å²) in [6, 6.07) is 9.93. The molecule has 1 aromatic heterocycles. The van der Waals surface area contributed by atoms with Crippen LogP contribution in [0.5, 0.6) is 11.6 Å². The molecule has 3 amide bonds. The van der Waals surface area contributed by atoms with Crippen molar-refractivity contribution in [3.8, 4) is 17.7 Å². The van der Waals surface area contributed by atoms with Gasteiger partial charge in [0, 0.05) is 11.9 Å². The molecule has 7 nitrogen and oxygen atoms in total. The first-order valence-electron chi connectivity index (χ1n) is 8.38. The van der Waals surface area contributed by atoms with Crippen LogP contribution in [0.15, 0.2) is 57.6 Å². The summed E-state index contributed by atoms with van der Waals surface area (Å²) >= 11 is 6.59. The number of urea groups is 1. The van der Waals surface area contributed by atoms with E-state index in [1.807, 2.05) is 11.4 Å². The summed E-state index contributed by atoms with van der Waals surface area (Å²) in [5.74, 6) is -3.05. The van der Waals surface area contributed by atoms with Crippen LogP contribution < -0.4 is 15.4 Å². The number of pyridine rings is 1. The van der Waals surface area contributed by atoms with Gasteiger partial charge in [0.25, 0.3) is 5.91 Å². The molecule has 0 bridgehead atoms. The number of ether oxygens (including phenoxy) is 1. The molecule has 31 heavy (non-hydrogen) atoms. The minimum absolute atomic E-state index is 0.0855. The summed E-state index contributed by atoms with van der Waals surface area (Å²) in [4.78, 5) is 28.1. The van der Waals surface area contributed by atoms with Gasteiger partial charge in [-0.25, -0.2) is 18.6 Å². The zero-order valence-electron chi connectivity index (χ0n) is 15.2. The Labute approximate surface area is 191 Å². The summed E-state index contributed by atoms with van der Waals surface area (Å²) in [5.41, 5.74) is -0.416. The highest BCUT2D eigenvalue weighted by Crippen LogP contribution is 2.39. The molecule has 11 heteroatoms. The van der Waals surface area contributed by atoms with Crippen LogP contribution in [0, 0.1) is 23.0 Å². The quantitative estimate of drug-likeness (QED) is 0.445. The number of rotatable bonds is 4. The van der Waals surface area contributed by atoms with Gasteiger partial charge in [-0.3, -0.25) is 10.1 Å². The standard InChI is InChI=1S/C20H10Br2F2N4O3/c21-12-7-11(8-13(22)17(12)31-19-10(9-25)3-2-6-26-19)27-20(30)28-18(29)16-14(23)4-1-5-15(16)24/h1-8H,(H2,27,28,29,30). The summed E-state index contributed by atoms with van der Waals surface area (Å²) in [6.45, 7) is 0. The van der Waals surface area contributed by atoms with Crippen molar-refractivity contribution in [2.75, 3.05) is 5.32 Å². The number of imide groups is 1. The molecule has 0 aliphatic carbocycles. The number of carbonyl (C=O) groups is 2. The highest BCUT2D eigenvalue weighted by molar-refractivity contribution is 9.11. The van der Waals surface area contributed by atoms with Crippen LogP contribution in [0.2, 0.25) is 0 Å². The Balaban J connectivity index is 1.75. The number of nitrogens with one attached hydrogen (secondary N) is 2. The SMILES string of the molecule is N#Cc1cccnc1Oc1c(Br)cc(NC(=O)NC(=O)c2c(F)cccc2F)cc1Br. The van der Waals surface area contributed by atoms with Crippen LogP contribution in [0.1, 0.15) is 15.9 Å². The van der Waals surface area contributed by atoms with Gasteiger partial charge in [-0.1, -0.05) is 6.07 Å². The van der Waals surface area contributed by atoms with E-state index >= 15 is 0 Å². The molecule has 0 spiro atoms. The predicted octanol–water partition coefficient (Wildman–Crippen LogP) is 5.51. The molecule has 0 radical (unpaired) electrons. The summed E-state index contributed by atoms with van der Waals surface area (Å²) in [5, 5.41) is 13.4. The Kier molecular flexibility index (Phi) is 6.94. The van der Waals surface area contributed by atoms with Crippen LogP contribution >= 0.6 is 31.9 Å². The van der Waals surface area contributed by atoms with E-state index in [-0.39, 0.29) is 22.9 Å². The monoisotopic (exact) mass is 550 g/mol. The van der Waals surface area contributed by atoms with E-state index in [4.69, 9.17) is 10.00 Å². The fourth-order valence-electron chi connectivity index (χ4n) is 2.43. The van der Waals surface area contributed by atoms with E-state index in [0.717, 1.165) is 18.2 Å².